The van der Waals surface area contributed by atoms with Gasteiger partial charge in [-0.25, -0.2) is 10.0 Å². The second-order valence-corrected chi connectivity index (χ2v) is 21.8. The van der Waals surface area contributed by atoms with Gasteiger partial charge in [0.15, 0.2) is 5.60 Å². The van der Waals surface area contributed by atoms with Crippen LogP contribution in [0.25, 0.3) is 0 Å². The smallest absolute Gasteiger partial charge is 0.264 e. The molecule has 4 aliphatic rings. The summed E-state index contributed by atoms with van der Waals surface area (Å²) in [4.78, 5) is 59.7. The lowest BCUT2D eigenvalue weighted by molar-refractivity contribution is -0.150. The molecule has 1 fully saturated rings. The third-order valence-corrected chi connectivity index (χ3v) is 15.8. The first-order valence-corrected chi connectivity index (χ1v) is 25.6. The van der Waals surface area contributed by atoms with Crippen molar-refractivity contribution in [2.45, 2.75) is 82.5 Å². The van der Waals surface area contributed by atoms with Gasteiger partial charge in [0, 0.05) is 55.8 Å². The van der Waals surface area contributed by atoms with Gasteiger partial charge in [0.25, 0.3) is 5.91 Å². The summed E-state index contributed by atoms with van der Waals surface area (Å²) < 4.78 is 24.0. The first kappa shape index (κ1) is 44.6. The van der Waals surface area contributed by atoms with Crippen molar-refractivity contribution in [3.8, 4) is 0 Å². The van der Waals surface area contributed by atoms with Crippen LogP contribution in [0.1, 0.15) is 66.8 Å². The van der Waals surface area contributed by atoms with Crippen molar-refractivity contribution in [2.24, 2.45) is 16.1 Å². The molecular weight excluding hydrogens is 852 g/mol. The maximum absolute atomic E-state index is 17.0. The zero-order valence-electron chi connectivity index (χ0n) is 37.3. The quantitative estimate of drug-likeness (QED) is 0.0931. The Morgan fingerprint density at radius 1 is 0.758 bits per heavy atom. The average molecular weight is 905 g/mol. The van der Waals surface area contributed by atoms with E-state index in [1.165, 1.54) is 10.0 Å². The molecule has 0 aromatic heterocycles. The number of anilines is 3. The van der Waals surface area contributed by atoms with Gasteiger partial charge in [-0.3, -0.25) is 19.2 Å². The molecule has 0 unspecified atom stereocenters. The van der Waals surface area contributed by atoms with Crippen molar-refractivity contribution in [3.05, 3.63) is 161 Å². The number of benzene rings is 5. The number of aliphatic hydroxyl groups is 1. The molecule has 4 heterocycles. The molecular formula is C52H53FN6O6Si. The number of carbonyl (C=O) groups excluding carboxylic acids is 4. The van der Waals surface area contributed by atoms with Crippen LogP contribution in [-0.4, -0.2) is 72.7 Å². The van der Waals surface area contributed by atoms with Crippen LogP contribution in [0.15, 0.2) is 144 Å². The molecule has 1 spiro atoms. The largest absolute Gasteiger partial charge is 0.395 e. The van der Waals surface area contributed by atoms with E-state index in [9.17, 15) is 19.5 Å². The van der Waals surface area contributed by atoms with E-state index in [1.54, 1.807) is 41.1 Å². The lowest BCUT2D eigenvalue weighted by Gasteiger charge is -2.31. The molecule has 4 amide bonds. The molecule has 5 aromatic carbocycles. The van der Waals surface area contributed by atoms with Gasteiger partial charge >= 0.3 is 0 Å². The van der Waals surface area contributed by atoms with E-state index in [-0.39, 0.29) is 56.8 Å². The van der Waals surface area contributed by atoms with Gasteiger partial charge in [0.05, 0.1) is 54.2 Å². The summed E-state index contributed by atoms with van der Waals surface area (Å²) in [5.74, 6) is -1.78. The Labute approximate surface area is 385 Å². The molecule has 66 heavy (non-hydrogen) atoms. The van der Waals surface area contributed by atoms with Gasteiger partial charge in [0.1, 0.15) is 0 Å². The number of nitrogens with zero attached hydrogens (tertiary/aromatic N) is 6. The highest BCUT2D eigenvalue weighted by atomic mass is 28.4. The van der Waals surface area contributed by atoms with E-state index in [0.29, 0.717) is 41.9 Å². The summed E-state index contributed by atoms with van der Waals surface area (Å²) in [5.41, 5.74) is 4.59. The number of aliphatic hydroxyl groups excluding tert-OH is 1. The Kier molecular flexibility index (Phi) is 12.4. The van der Waals surface area contributed by atoms with Gasteiger partial charge < -0.3 is 23.8 Å². The lowest BCUT2D eigenvalue weighted by Crippen LogP contribution is -2.45. The highest BCUT2D eigenvalue weighted by Gasteiger charge is 2.67. The number of hydrazone groups is 2. The van der Waals surface area contributed by atoms with E-state index in [4.69, 9.17) is 14.9 Å². The van der Waals surface area contributed by atoms with Gasteiger partial charge in [-0.1, -0.05) is 110 Å². The molecule has 4 aliphatic heterocycles. The van der Waals surface area contributed by atoms with Crippen LogP contribution in [0, 0.1) is 5.92 Å². The SMILES string of the molecule is C[C@H]1[C@H]([Si](C)(C)F)[C@@H](CC(=O)N(CCO)Cc2ccccc2)O[C@]12C(=O)N(Cc1ccc(N3N=C(c4ccccc4)CCC3=O)cc1)c1ccc(N3N=C(c4ccccc4)CCC3=O)cc12. The monoisotopic (exact) mass is 904 g/mol. The molecule has 14 heteroatoms. The Hall–Kier alpha value is -6.61. The Bertz CT molecular complexity index is 2700. The topological polar surface area (TPSA) is 135 Å². The number of fused-ring (bicyclic) bond motifs is 2. The average Bonchev–Trinajstić information content (AvgIpc) is 3.75. The predicted molar refractivity (Wildman–Crippen MR) is 255 cm³/mol. The van der Waals surface area contributed by atoms with Crippen LogP contribution >= 0.6 is 0 Å². The van der Waals surface area contributed by atoms with Crippen molar-refractivity contribution in [3.63, 3.8) is 0 Å². The number of ether oxygens (including phenoxy) is 1. The summed E-state index contributed by atoms with van der Waals surface area (Å²) in [7, 11) is -3.69. The fourth-order valence-corrected chi connectivity index (χ4v) is 12.6. The molecule has 9 rings (SSSR count). The van der Waals surface area contributed by atoms with Crippen LogP contribution in [0.2, 0.25) is 18.6 Å². The summed E-state index contributed by atoms with van der Waals surface area (Å²) in [6, 6.07) is 41.6. The van der Waals surface area contributed by atoms with E-state index in [2.05, 4.69) is 0 Å². The summed E-state index contributed by atoms with van der Waals surface area (Å²) >= 11 is 0. The van der Waals surface area contributed by atoms with Crippen LogP contribution < -0.4 is 14.9 Å². The number of hydrogen-bond acceptors (Lipinski definition) is 8. The van der Waals surface area contributed by atoms with Gasteiger partial charge in [-0.05, 0) is 65.7 Å². The maximum atomic E-state index is 17.0. The summed E-state index contributed by atoms with van der Waals surface area (Å²) in [6.45, 7) is 5.18. The van der Waals surface area contributed by atoms with Crippen LogP contribution in [0.4, 0.5) is 21.2 Å². The lowest BCUT2D eigenvalue weighted by atomic mass is 9.82. The van der Waals surface area contributed by atoms with Crippen molar-refractivity contribution in [1.82, 2.24) is 4.90 Å². The van der Waals surface area contributed by atoms with Crippen molar-refractivity contribution in [2.75, 3.05) is 28.1 Å². The normalized spacial score (nSPS) is 21.9. The predicted octanol–water partition coefficient (Wildman–Crippen LogP) is 8.48. The molecule has 5 aromatic rings. The highest BCUT2D eigenvalue weighted by molar-refractivity contribution is 6.72. The molecule has 0 saturated carbocycles. The number of hydrogen-bond donors (Lipinski definition) is 1. The number of rotatable bonds is 13. The number of carbonyl (C=O) groups is 4. The van der Waals surface area contributed by atoms with Gasteiger partial charge in [-0.15, -0.1) is 0 Å². The first-order valence-electron chi connectivity index (χ1n) is 22.6. The van der Waals surface area contributed by atoms with Crippen molar-refractivity contribution >= 4 is 60.5 Å². The van der Waals surface area contributed by atoms with Crippen LogP contribution in [-0.2, 0) is 42.6 Å². The Balaban J connectivity index is 1.08. The summed E-state index contributed by atoms with van der Waals surface area (Å²) in [5, 5.41) is 22.3. The van der Waals surface area contributed by atoms with E-state index >= 15 is 8.90 Å². The molecule has 4 atom stereocenters. The van der Waals surface area contributed by atoms with Crippen molar-refractivity contribution in [1.29, 1.82) is 0 Å². The fraction of sp³-hybridized carbons (Fsp3) is 0.308. The molecule has 0 radical (unpaired) electrons. The minimum Gasteiger partial charge on any atom is -0.395 e. The van der Waals surface area contributed by atoms with Crippen LogP contribution in [0.3, 0.4) is 0 Å². The van der Waals surface area contributed by atoms with Gasteiger partial charge in [0.2, 0.25) is 26.1 Å². The fourth-order valence-electron chi connectivity index (χ4n) is 10.2. The Morgan fingerprint density at radius 3 is 1.86 bits per heavy atom. The molecule has 0 bridgehead atoms. The zero-order chi connectivity index (χ0) is 46.2. The second kappa shape index (κ2) is 18.3. The third kappa shape index (κ3) is 8.51. The Morgan fingerprint density at radius 2 is 1.30 bits per heavy atom. The van der Waals surface area contributed by atoms with E-state index in [1.807, 2.05) is 122 Å². The standard InChI is InChI=1S/C52H53FN6O6Si/c1-35-50(66(2,3)53)46(32-49(63)56(29-30-60)33-36-13-7-4-8-14-36)65-52(35)42-31-41(59-48(62)28-25-44(55-59)39-17-11-6-12-18-39)23-26-45(42)57(51(52)64)34-37-19-21-40(22-20-37)58-47(61)27-24-43(54-58)38-15-9-5-10-16-38/h4-23,26,31,35,46,50,60H,24-25,27-30,32-34H2,1-3H3/t35-,46+,50-,52+/m0/s1. The van der Waals surface area contributed by atoms with Crippen LogP contribution in [0.5, 0.6) is 0 Å². The highest BCUT2D eigenvalue weighted by Crippen LogP contribution is 2.61. The number of halogens is 1. The van der Waals surface area contributed by atoms with Gasteiger partial charge in [-0.2, -0.15) is 10.2 Å². The third-order valence-electron chi connectivity index (χ3n) is 13.3. The maximum Gasteiger partial charge on any atom is 0.264 e. The molecule has 338 valence electrons. The minimum absolute atomic E-state index is 0.0712. The molecule has 1 saturated heterocycles. The second-order valence-electron chi connectivity index (χ2n) is 18.0. The molecule has 1 N–H and O–H groups in total. The minimum atomic E-state index is -3.69. The summed E-state index contributed by atoms with van der Waals surface area (Å²) in [6.07, 6.45) is 0.379. The molecule has 0 aliphatic carbocycles. The number of amides is 4. The zero-order valence-corrected chi connectivity index (χ0v) is 38.3. The molecule has 12 nitrogen and oxygen atoms in total. The van der Waals surface area contributed by atoms with E-state index in [0.717, 1.165) is 33.7 Å². The van der Waals surface area contributed by atoms with E-state index < -0.39 is 37.5 Å². The first-order chi connectivity index (χ1) is 31.8. The van der Waals surface area contributed by atoms with Crippen molar-refractivity contribution < 1.29 is 33.1 Å².